The molecule has 2 N–H and O–H groups in total. The SMILES string of the molecule is CCOCCCNC(=O)c1cccc(NC(=O)C(Sc2ccccc2)c2ccccc2)c1. The van der Waals surface area contributed by atoms with Crippen molar-refractivity contribution in [1.29, 1.82) is 0 Å². The molecule has 0 heterocycles. The molecule has 3 aromatic rings. The number of anilines is 1. The number of amides is 2. The summed E-state index contributed by atoms with van der Waals surface area (Å²) in [5.41, 5.74) is 2.01. The molecule has 0 saturated carbocycles. The Hall–Kier alpha value is -3.09. The maximum absolute atomic E-state index is 13.2. The van der Waals surface area contributed by atoms with Crippen molar-refractivity contribution in [3.05, 3.63) is 96.1 Å². The lowest BCUT2D eigenvalue weighted by Gasteiger charge is -2.17. The van der Waals surface area contributed by atoms with Gasteiger partial charge in [-0.15, -0.1) is 11.8 Å². The molecule has 0 radical (unpaired) electrons. The summed E-state index contributed by atoms with van der Waals surface area (Å²) in [4.78, 5) is 26.7. The molecule has 3 rings (SSSR count). The molecule has 0 aliphatic carbocycles. The van der Waals surface area contributed by atoms with Crippen LogP contribution in [0.2, 0.25) is 0 Å². The Balaban J connectivity index is 1.68. The molecule has 3 aromatic carbocycles. The molecule has 1 unspecified atom stereocenters. The van der Waals surface area contributed by atoms with Gasteiger partial charge in [-0.05, 0) is 49.2 Å². The molecule has 32 heavy (non-hydrogen) atoms. The van der Waals surface area contributed by atoms with Crippen LogP contribution in [-0.4, -0.2) is 31.6 Å². The second-order valence-electron chi connectivity index (χ2n) is 7.10. The van der Waals surface area contributed by atoms with Gasteiger partial charge in [0.05, 0.1) is 0 Å². The highest BCUT2D eigenvalue weighted by Crippen LogP contribution is 2.36. The molecule has 0 aromatic heterocycles. The van der Waals surface area contributed by atoms with Crippen molar-refractivity contribution in [3.8, 4) is 0 Å². The van der Waals surface area contributed by atoms with Crippen LogP contribution in [0.25, 0.3) is 0 Å². The van der Waals surface area contributed by atoms with Gasteiger partial charge in [-0.3, -0.25) is 9.59 Å². The topological polar surface area (TPSA) is 67.4 Å². The first-order valence-electron chi connectivity index (χ1n) is 10.7. The average molecular weight is 449 g/mol. The first-order valence-corrected chi connectivity index (χ1v) is 11.6. The molecule has 0 fully saturated rings. The largest absolute Gasteiger partial charge is 0.382 e. The van der Waals surface area contributed by atoms with E-state index in [1.165, 1.54) is 11.8 Å². The van der Waals surface area contributed by atoms with Crippen molar-refractivity contribution in [2.75, 3.05) is 25.1 Å². The van der Waals surface area contributed by atoms with Crippen molar-refractivity contribution in [3.63, 3.8) is 0 Å². The number of carbonyl (C=O) groups is 2. The molecular weight excluding hydrogens is 420 g/mol. The number of hydrogen-bond acceptors (Lipinski definition) is 4. The Morgan fingerprint density at radius 1 is 0.938 bits per heavy atom. The second-order valence-corrected chi connectivity index (χ2v) is 8.28. The summed E-state index contributed by atoms with van der Waals surface area (Å²) >= 11 is 1.49. The minimum Gasteiger partial charge on any atom is -0.382 e. The van der Waals surface area contributed by atoms with Gasteiger partial charge in [0.2, 0.25) is 5.91 Å². The first kappa shape index (κ1) is 23.6. The van der Waals surface area contributed by atoms with Gasteiger partial charge in [-0.2, -0.15) is 0 Å². The molecule has 0 bridgehead atoms. The summed E-state index contributed by atoms with van der Waals surface area (Å²) in [6.45, 7) is 3.77. The Labute approximate surface area is 193 Å². The zero-order valence-electron chi connectivity index (χ0n) is 18.1. The predicted octanol–water partition coefficient (Wildman–Crippen LogP) is 5.32. The number of carbonyl (C=O) groups excluding carboxylic acids is 2. The Kier molecular flexibility index (Phi) is 9.35. The van der Waals surface area contributed by atoms with Gasteiger partial charge in [-0.25, -0.2) is 0 Å². The minimum atomic E-state index is -0.422. The molecule has 166 valence electrons. The van der Waals surface area contributed by atoms with E-state index < -0.39 is 5.25 Å². The van der Waals surface area contributed by atoms with E-state index in [9.17, 15) is 9.59 Å². The van der Waals surface area contributed by atoms with Gasteiger partial charge in [0.15, 0.2) is 0 Å². The molecule has 2 amide bonds. The van der Waals surface area contributed by atoms with E-state index in [4.69, 9.17) is 4.74 Å². The quantitative estimate of drug-likeness (QED) is 0.308. The summed E-state index contributed by atoms with van der Waals surface area (Å²) in [5.74, 6) is -0.310. The smallest absolute Gasteiger partial charge is 0.251 e. The Morgan fingerprint density at radius 2 is 1.66 bits per heavy atom. The van der Waals surface area contributed by atoms with Crippen molar-refractivity contribution in [2.45, 2.75) is 23.5 Å². The lowest BCUT2D eigenvalue weighted by Crippen LogP contribution is -2.25. The number of benzene rings is 3. The lowest BCUT2D eigenvalue weighted by atomic mass is 10.1. The van der Waals surface area contributed by atoms with Crippen LogP contribution in [0, 0.1) is 0 Å². The zero-order chi connectivity index (χ0) is 22.6. The van der Waals surface area contributed by atoms with Gasteiger partial charge in [-0.1, -0.05) is 54.6 Å². The van der Waals surface area contributed by atoms with Crippen molar-refractivity contribution in [2.24, 2.45) is 0 Å². The predicted molar refractivity (Wildman–Crippen MR) is 130 cm³/mol. The fraction of sp³-hybridized carbons (Fsp3) is 0.231. The van der Waals surface area contributed by atoms with Gasteiger partial charge >= 0.3 is 0 Å². The normalized spacial score (nSPS) is 11.5. The highest BCUT2D eigenvalue weighted by atomic mass is 32.2. The summed E-state index contributed by atoms with van der Waals surface area (Å²) in [7, 11) is 0. The molecular formula is C26H28N2O3S. The van der Waals surface area contributed by atoms with E-state index in [1.807, 2.05) is 67.6 Å². The molecule has 0 saturated heterocycles. The molecule has 6 heteroatoms. The summed E-state index contributed by atoms with van der Waals surface area (Å²) in [5, 5.41) is 5.44. The summed E-state index contributed by atoms with van der Waals surface area (Å²) < 4.78 is 5.28. The van der Waals surface area contributed by atoms with Gasteiger partial charge in [0.1, 0.15) is 5.25 Å². The fourth-order valence-corrected chi connectivity index (χ4v) is 4.15. The van der Waals surface area contributed by atoms with Crippen LogP contribution in [0.3, 0.4) is 0 Å². The van der Waals surface area contributed by atoms with Crippen molar-refractivity contribution in [1.82, 2.24) is 5.32 Å². The van der Waals surface area contributed by atoms with Crippen LogP contribution in [0.4, 0.5) is 5.69 Å². The first-order chi connectivity index (χ1) is 15.7. The summed E-state index contributed by atoms with van der Waals surface area (Å²) in [6, 6.07) is 26.5. The number of hydrogen-bond donors (Lipinski definition) is 2. The lowest BCUT2D eigenvalue weighted by molar-refractivity contribution is -0.115. The van der Waals surface area contributed by atoms with Crippen molar-refractivity contribution >= 4 is 29.3 Å². The van der Waals surface area contributed by atoms with E-state index >= 15 is 0 Å². The Bertz CT molecular complexity index is 996. The third-order valence-electron chi connectivity index (χ3n) is 4.69. The average Bonchev–Trinajstić information content (AvgIpc) is 2.83. The molecule has 5 nitrogen and oxygen atoms in total. The van der Waals surface area contributed by atoms with Crippen LogP contribution >= 0.6 is 11.8 Å². The maximum atomic E-state index is 13.2. The molecule has 0 aliphatic heterocycles. The zero-order valence-corrected chi connectivity index (χ0v) is 18.9. The second kappa shape index (κ2) is 12.7. The van der Waals surface area contributed by atoms with Crippen molar-refractivity contribution < 1.29 is 14.3 Å². The van der Waals surface area contributed by atoms with E-state index in [-0.39, 0.29) is 11.8 Å². The molecule has 0 spiro atoms. The highest BCUT2D eigenvalue weighted by Gasteiger charge is 2.22. The third-order valence-corrected chi connectivity index (χ3v) is 5.95. The third kappa shape index (κ3) is 7.25. The molecule has 0 aliphatic rings. The highest BCUT2D eigenvalue weighted by molar-refractivity contribution is 8.00. The van der Waals surface area contributed by atoms with Crippen LogP contribution in [0.15, 0.2) is 89.8 Å². The monoisotopic (exact) mass is 448 g/mol. The number of nitrogens with one attached hydrogen (secondary N) is 2. The van der Waals surface area contributed by atoms with Gasteiger partial charge < -0.3 is 15.4 Å². The van der Waals surface area contributed by atoms with Crippen LogP contribution in [0.5, 0.6) is 0 Å². The standard InChI is InChI=1S/C26H28N2O3S/c1-2-31-18-10-17-27-25(29)21-13-9-14-22(19-21)28-26(30)24(20-11-5-3-6-12-20)32-23-15-7-4-8-16-23/h3-9,11-16,19,24H,2,10,17-18H2,1H3,(H,27,29)(H,28,30). The van der Waals surface area contributed by atoms with E-state index in [2.05, 4.69) is 10.6 Å². The number of rotatable bonds is 11. The minimum absolute atomic E-state index is 0.140. The number of thioether (sulfide) groups is 1. The van der Waals surface area contributed by atoms with E-state index in [0.717, 1.165) is 16.9 Å². The molecule has 1 atom stereocenters. The van der Waals surface area contributed by atoms with Gasteiger partial charge in [0.25, 0.3) is 5.91 Å². The summed E-state index contributed by atoms with van der Waals surface area (Å²) in [6.07, 6.45) is 0.755. The maximum Gasteiger partial charge on any atom is 0.251 e. The van der Waals surface area contributed by atoms with Crippen LogP contribution in [-0.2, 0) is 9.53 Å². The van der Waals surface area contributed by atoms with Crippen LogP contribution in [0.1, 0.15) is 34.5 Å². The number of ether oxygens (including phenoxy) is 1. The van der Waals surface area contributed by atoms with Gasteiger partial charge in [0, 0.05) is 35.9 Å². The van der Waals surface area contributed by atoms with E-state index in [0.29, 0.717) is 31.0 Å². The Morgan fingerprint density at radius 3 is 2.38 bits per heavy atom. The van der Waals surface area contributed by atoms with E-state index in [1.54, 1.807) is 24.3 Å². The fourth-order valence-electron chi connectivity index (χ4n) is 3.10. The van der Waals surface area contributed by atoms with Crippen LogP contribution < -0.4 is 10.6 Å².